The third-order valence-electron chi connectivity index (χ3n) is 0.0781. The van der Waals surface area contributed by atoms with Gasteiger partial charge in [0.25, 0.3) is 0 Å². The molecule has 0 aliphatic rings. The molecule has 0 spiro atoms. The van der Waals surface area contributed by atoms with Crippen molar-refractivity contribution in [3.8, 4) is 0 Å². The van der Waals surface area contributed by atoms with Crippen LogP contribution in [0.5, 0.6) is 0 Å². The first kappa shape index (κ1) is 9.66. The molecular formula is CH2LaO4. The summed E-state index contributed by atoms with van der Waals surface area (Å²) in [5.74, 6) is 0. The summed E-state index contributed by atoms with van der Waals surface area (Å²) >= 11 is 0. The zero-order valence-corrected chi connectivity index (χ0v) is 6.41. The Morgan fingerprint density at radius 3 is 1.83 bits per heavy atom. The monoisotopic (exact) mass is 217 g/mol. The molecule has 5 heteroatoms. The van der Waals surface area contributed by atoms with Crippen molar-refractivity contribution in [2.24, 2.45) is 0 Å². The van der Waals surface area contributed by atoms with E-state index in [0.717, 1.165) is 0 Å². The SMILES string of the molecule is O=C(O)OO.[La]. The van der Waals surface area contributed by atoms with Crippen LogP contribution in [-0.4, -0.2) is 16.5 Å². The topological polar surface area (TPSA) is 66.8 Å². The zero-order valence-electron chi connectivity index (χ0n) is 2.79. The number of carboxylic acid groups (broad SMARTS) is 1. The predicted octanol–water partition coefficient (Wildman–Crippen LogP) is 0.154. The minimum atomic E-state index is -1.69. The van der Waals surface area contributed by atoms with Gasteiger partial charge in [-0.1, -0.05) is 0 Å². The van der Waals surface area contributed by atoms with Gasteiger partial charge in [0.05, 0.1) is 0 Å². The van der Waals surface area contributed by atoms with E-state index in [0.29, 0.717) is 0 Å². The molecule has 0 fully saturated rings. The largest absolute Gasteiger partial charge is 0.537 e. The third-order valence-corrected chi connectivity index (χ3v) is 0.0781. The van der Waals surface area contributed by atoms with E-state index in [-0.39, 0.29) is 35.6 Å². The van der Waals surface area contributed by atoms with Crippen LogP contribution in [-0.2, 0) is 4.89 Å². The predicted molar refractivity (Wildman–Crippen MR) is 11.7 cm³/mol. The Bertz CT molecular complexity index is 42.8. The number of hydrogen-bond acceptors (Lipinski definition) is 3. The molecule has 0 aliphatic carbocycles. The van der Waals surface area contributed by atoms with Gasteiger partial charge in [-0.2, -0.15) is 5.26 Å². The molecule has 0 aromatic carbocycles. The fourth-order valence-corrected chi connectivity index (χ4v) is 0. The molecule has 0 aliphatic heterocycles. The Morgan fingerprint density at radius 2 is 1.83 bits per heavy atom. The maximum Gasteiger partial charge on any atom is 0.537 e. The van der Waals surface area contributed by atoms with E-state index < -0.39 is 6.16 Å². The summed E-state index contributed by atoms with van der Waals surface area (Å²) in [5.41, 5.74) is 0. The smallest absolute Gasteiger partial charge is 0.448 e. The molecule has 0 saturated carbocycles. The van der Waals surface area contributed by atoms with Crippen LogP contribution < -0.4 is 0 Å². The van der Waals surface area contributed by atoms with Crippen LogP contribution in [0.3, 0.4) is 0 Å². The Balaban J connectivity index is 0. The molecule has 0 saturated heterocycles. The van der Waals surface area contributed by atoms with Gasteiger partial charge in [-0.05, 0) is 0 Å². The van der Waals surface area contributed by atoms with Crippen LogP contribution in [0, 0.1) is 35.6 Å². The van der Waals surface area contributed by atoms with Crippen LogP contribution in [0.1, 0.15) is 0 Å². The van der Waals surface area contributed by atoms with Crippen molar-refractivity contribution in [3.05, 3.63) is 0 Å². The first-order valence-electron chi connectivity index (χ1n) is 0.814. The Hall–Kier alpha value is 0.425. The fourth-order valence-electron chi connectivity index (χ4n) is 0. The van der Waals surface area contributed by atoms with E-state index in [2.05, 4.69) is 4.89 Å². The van der Waals surface area contributed by atoms with Gasteiger partial charge >= 0.3 is 6.16 Å². The molecular weight excluding hydrogens is 215 g/mol. The molecule has 0 aromatic rings. The Kier molecular flexibility index (Phi) is 8.73. The first-order chi connectivity index (χ1) is 2.27. The van der Waals surface area contributed by atoms with E-state index >= 15 is 0 Å². The molecule has 4 nitrogen and oxygen atoms in total. The van der Waals surface area contributed by atoms with Gasteiger partial charge in [0.2, 0.25) is 0 Å². The van der Waals surface area contributed by atoms with Crippen molar-refractivity contribution < 1.29 is 55.6 Å². The quantitative estimate of drug-likeness (QED) is 0.447. The normalized spacial score (nSPS) is 5.50. The summed E-state index contributed by atoms with van der Waals surface area (Å²) in [7, 11) is 0. The summed E-state index contributed by atoms with van der Waals surface area (Å²) < 4.78 is 0. The van der Waals surface area contributed by atoms with Crippen LogP contribution in [0.2, 0.25) is 0 Å². The van der Waals surface area contributed by atoms with Crippen molar-refractivity contribution in [1.29, 1.82) is 0 Å². The Labute approximate surface area is 61.6 Å². The van der Waals surface area contributed by atoms with Gasteiger partial charge in [-0.3, -0.25) is 4.89 Å². The van der Waals surface area contributed by atoms with Gasteiger partial charge in [0.1, 0.15) is 0 Å². The van der Waals surface area contributed by atoms with E-state index in [1.165, 1.54) is 0 Å². The van der Waals surface area contributed by atoms with Crippen molar-refractivity contribution in [1.82, 2.24) is 0 Å². The van der Waals surface area contributed by atoms with E-state index in [9.17, 15) is 0 Å². The van der Waals surface area contributed by atoms with Gasteiger partial charge < -0.3 is 5.11 Å². The average molecular weight is 217 g/mol. The molecule has 0 bridgehead atoms. The molecule has 0 heterocycles. The summed E-state index contributed by atoms with van der Waals surface area (Å²) in [5, 5.41) is 14.3. The summed E-state index contributed by atoms with van der Waals surface area (Å²) in [6, 6.07) is 0. The minimum Gasteiger partial charge on any atom is -0.448 e. The average Bonchev–Trinajstić information content (AvgIpc) is 1.38. The van der Waals surface area contributed by atoms with Crippen molar-refractivity contribution >= 4 is 6.16 Å². The van der Waals surface area contributed by atoms with Gasteiger partial charge in [-0.25, -0.2) is 4.79 Å². The molecule has 0 aromatic heterocycles. The minimum absolute atomic E-state index is 0. The second-order valence-corrected chi connectivity index (χ2v) is 0.357. The van der Waals surface area contributed by atoms with Crippen LogP contribution in [0.25, 0.3) is 0 Å². The van der Waals surface area contributed by atoms with Gasteiger partial charge in [0, 0.05) is 35.6 Å². The maximum atomic E-state index is 8.90. The molecule has 0 amide bonds. The molecule has 33 valence electrons. The molecule has 0 rings (SSSR count). The van der Waals surface area contributed by atoms with Crippen molar-refractivity contribution in [3.63, 3.8) is 0 Å². The summed E-state index contributed by atoms with van der Waals surface area (Å²) in [6.45, 7) is 0. The standard InChI is InChI=1S/CH2O4.La/c2-1(3)5-4;/h4H,(H,2,3);. The summed E-state index contributed by atoms with van der Waals surface area (Å²) in [6.07, 6.45) is -1.69. The van der Waals surface area contributed by atoms with Crippen LogP contribution >= 0.6 is 0 Å². The second kappa shape index (κ2) is 5.42. The second-order valence-electron chi connectivity index (χ2n) is 0.357. The first-order valence-corrected chi connectivity index (χ1v) is 0.814. The molecule has 2 N–H and O–H groups in total. The Morgan fingerprint density at radius 1 is 1.67 bits per heavy atom. The van der Waals surface area contributed by atoms with E-state index in [4.69, 9.17) is 15.2 Å². The third kappa shape index (κ3) is 8.83. The summed E-state index contributed by atoms with van der Waals surface area (Å²) in [4.78, 5) is 11.6. The molecule has 6 heavy (non-hydrogen) atoms. The van der Waals surface area contributed by atoms with Crippen molar-refractivity contribution in [2.45, 2.75) is 0 Å². The molecule has 1 radical (unpaired) electrons. The number of hydrogen-bond donors (Lipinski definition) is 2. The van der Waals surface area contributed by atoms with Crippen LogP contribution in [0.15, 0.2) is 0 Å². The van der Waals surface area contributed by atoms with E-state index in [1.807, 2.05) is 0 Å². The van der Waals surface area contributed by atoms with E-state index in [1.54, 1.807) is 0 Å². The van der Waals surface area contributed by atoms with Crippen molar-refractivity contribution in [2.75, 3.05) is 0 Å². The molecule has 0 unspecified atom stereocenters. The fraction of sp³-hybridized carbons (Fsp3) is 0. The zero-order chi connectivity index (χ0) is 4.28. The molecule has 0 atom stereocenters. The number of rotatable bonds is 0. The number of carbonyl (C=O) groups is 1. The van der Waals surface area contributed by atoms with Gasteiger partial charge in [-0.15, -0.1) is 0 Å². The maximum absolute atomic E-state index is 8.90. The van der Waals surface area contributed by atoms with Crippen LogP contribution in [0.4, 0.5) is 4.79 Å². The van der Waals surface area contributed by atoms with Gasteiger partial charge in [0.15, 0.2) is 0 Å².